The van der Waals surface area contributed by atoms with E-state index in [0.717, 1.165) is 16.4 Å². The molecule has 0 aromatic heterocycles. The summed E-state index contributed by atoms with van der Waals surface area (Å²) in [6.45, 7) is 4.04. The number of carbonyl (C=O) groups excluding carboxylic acids is 2. The highest BCUT2D eigenvalue weighted by Crippen LogP contribution is 2.32. The lowest BCUT2D eigenvalue weighted by atomic mass is 9.92. The fourth-order valence-corrected chi connectivity index (χ4v) is 3.30. The molecule has 1 fully saturated rings. The Kier molecular flexibility index (Phi) is 8.18. The van der Waals surface area contributed by atoms with E-state index in [1.165, 1.54) is 24.8 Å². The lowest BCUT2D eigenvalue weighted by Crippen LogP contribution is -2.28. The van der Waals surface area contributed by atoms with Gasteiger partial charge >= 0.3 is 11.9 Å². The van der Waals surface area contributed by atoms with Crippen LogP contribution in [0.1, 0.15) is 52.4 Å². The van der Waals surface area contributed by atoms with Crippen molar-refractivity contribution in [2.45, 2.75) is 52.4 Å². The van der Waals surface area contributed by atoms with Crippen LogP contribution in [0, 0.1) is 5.92 Å². The quantitative estimate of drug-likeness (QED) is 0.391. The van der Waals surface area contributed by atoms with Crippen LogP contribution in [-0.4, -0.2) is 25.2 Å². The first-order valence-corrected chi connectivity index (χ1v) is 8.37. The van der Waals surface area contributed by atoms with Gasteiger partial charge in [-0.2, -0.15) is 0 Å². The lowest BCUT2D eigenvalue weighted by Gasteiger charge is -2.19. The summed E-state index contributed by atoms with van der Waals surface area (Å²) >= 11 is 2.26. The molecule has 0 heterocycles. The largest absolute Gasteiger partial charge is 0.465 e. The highest BCUT2D eigenvalue weighted by Gasteiger charge is 2.30. The van der Waals surface area contributed by atoms with Crippen molar-refractivity contribution in [1.29, 1.82) is 0 Å². The Hall–Kier alpha value is -0.590. The zero-order valence-electron chi connectivity index (χ0n) is 12.2. The first-order valence-electron chi connectivity index (χ1n) is 7.29. The monoisotopic (exact) mass is 394 g/mol. The highest BCUT2D eigenvalue weighted by molar-refractivity contribution is 14.1. The summed E-state index contributed by atoms with van der Waals surface area (Å²) in [7, 11) is 0. The van der Waals surface area contributed by atoms with E-state index in [2.05, 4.69) is 22.6 Å². The molecule has 0 aromatic rings. The molecule has 1 rings (SSSR count). The SMILES string of the molecule is CCOC(=O)C(CC(I)=C1CCCCC1)C(=O)OCC. The van der Waals surface area contributed by atoms with Crippen LogP contribution in [0.25, 0.3) is 0 Å². The predicted molar refractivity (Wildman–Crippen MR) is 85.5 cm³/mol. The zero-order valence-corrected chi connectivity index (χ0v) is 14.4. The van der Waals surface area contributed by atoms with Crippen molar-refractivity contribution in [3.63, 3.8) is 0 Å². The molecule has 0 unspecified atom stereocenters. The average molecular weight is 394 g/mol. The van der Waals surface area contributed by atoms with Crippen molar-refractivity contribution < 1.29 is 19.1 Å². The van der Waals surface area contributed by atoms with Gasteiger partial charge in [0.1, 0.15) is 0 Å². The van der Waals surface area contributed by atoms with Gasteiger partial charge in [0, 0.05) is 6.42 Å². The van der Waals surface area contributed by atoms with Gasteiger partial charge < -0.3 is 9.47 Å². The minimum atomic E-state index is -0.823. The highest BCUT2D eigenvalue weighted by atomic mass is 127. The molecule has 1 saturated carbocycles. The molecule has 5 heteroatoms. The topological polar surface area (TPSA) is 52.6 Å². The van der Waals surface area contributed by atoms with Gasteiger partial charge in [-0.05, 0) is 65.7 Å². The molecular weight excluding hydrogens is 371 g/mol. The van der Waals surface area contributed by atoms with Crippen LogP contribution in [-0.2, 0) is 19.1 Å². The Balaban J connectivity index is 2.77. The number of halogens is 1. The molecular formula is C15H23IO4. The maximum absolute atomic E-state index is 11.9. The number of ether oxygens (including phenoxy) is 2. The summed E-state index contributed by atoms with van der Waals surface area (Å²) in [5, 5.41) is 0. The maximum atomic E-state index is 11.9. The van der Waals surface area contributed by atoms with Crippen molar-refractivity contribution in [3.8, 4) is 0 Å². The number of carbonyl (C=O) groups is 2. The van der Waals surface area contributed by atoms with Crippen molar-refractivity contribution >= 4 is 34.5 Å². The minimum Gasteiger partial charge on any atom is -0.465 e. The van der Waals surface area contributed by atoms with E-state index in [-0.39, 0.29) is 13.2 Å². The number of allylic oxidation sites excluding steroid dienone is 2. The smallest absolute Gasteiger partial charge is 0.320 e. The van der Waals surface area contributed by atoms with E-state index in [1.807, 2.05) is 0 Å². The third kappa shape index (κ3) is 5.42. The molecule has 0 aromatic carbocycles. The minimum absolute atomic E-state index is 0.280. The second kappa shape index (κ2) is 9.37. The third-order valence-electron chi connectivity index (χ3n) is 3.37. The van der Waals surface area contributed by atoms with Crippen LogP contribution in [0.5, 0.6) is 0 Å². The van der Waals surface area contributed by atoms with Crippen molar-refractivity contribution in [2.24, 2.45) is 5.92 Å². The Morgan fingerprint density at radius 3 is 2.00 bits per heavy atom. The Labute approximate surface area is 134 Å². The van der Waals surface area contributed by atoms with Gasteiger partial charge in [0.05, 0.1) is 13.2 Å². The van der Waals surface area contributed by atoms with Gasteiger partial charge in [-0.25, -0.2) is 0 Å². The Morgan fingerprint density at radius 1 is 1.05 bits per heavy atom. The second-order valence-corrected chi connectivity index (χ2v) is 6.13. The van der Waals surface area contributed by atoms with Gasteiger partial charge in [0.25, 0.3) is 0 Å². The van der Waals surface area contributed by atoms with E-state index < -0.39 is 17.9 Å². The van der Waals surface area contributed by atoms with Crippen molar-refractivity contribution in [1.82, 2.24) is 0 Å². The van der Waals surface area contributed by atoms with Crippen LogP contribution in [0.3, 0.4) is 0 Å². The first kappa shape index (κ1) is 17.5. The van der Waals surface area contributed by atoms with Gasteiger partial charge in [-0.1, -0.05) is 12.0 Å². The van der Waals surface area contributed by atoms with E-state index >= 15 is 0 Å². The van der Waals surface area contributed by atoms with E-state index in [0.29, 0.717) is 6.42 Å². The molecule has 20 heavy (non-hydrogen) atoms. The summed E-state index contributed by atoms with van der Waals surface area (Å²) in [6, 6.07) is 0. The normalized spacial score (nSPS) is 15.1. The zero-order chi connectivity index (χ0) is 15.0. The molecule has 114 valence electrons. The molecule has 0 atom stereocenters. The fraction of sp³-hybridized carbons (Fsp3) is 0.733. The fourth-order valence-electron chi connectivity index (χ4n) is 2.32. The molecule has 0 spiro atoms. The Bertz CT molecular complexity index is 350. The molecule has 0 amide bonds. The molecule has 4 nitrogen and oxygen atoms in total. The van der Waals surface area contributed by atoms with Crippen LogP contribution >= 0.6 is 22.6 Å². The third-order valence-corrected chi connectivity index (χ3v) is 4.57. The van der Waals surface area contributed by atoms with Gasteiger partial charge in [0.2, 0.25) is 0 Å². The number of hydrogen-bond acceptors (Lipinski definition) is 4. The number of esters is 2. The van der Waals surface area contributed by atoms with E-state index in [4.69, 9.17) is 9.47 Å². The van der Waals surface area contributed by atoms with Gasteiger partial charge in [0.15, 0.2) is 5.92 Å². The molecule has 1 aliphatic rings. The average Bonchev–Trinajstić information content (AvgIpc) is 2.45. The van der Waals surface area contributed by atoms with E-state index in [9.17, 15) is 9.59 Å². The standard InChI is InChI=1S/C15H23IO4/c1-3-19-14(17)12(15(18)20-4-2)10-13(16)11-8-6-5-7-9-11/h12H,3-10H2,1-2H3. The molecule has 0 N–H and O–H groups in total. The van der Waals surface area contributed by atoms with Crippen LogP contribution in [0.2, 0.25) is 0 Å². The summed E-state index contributed by atoms with van der Waals surface area (Å²) < 4.78 is 11.1. The van der Waals surface area contributed by atoms with E-state index in [1.54, 1.807) is 13.8 Å². The van der Waals surface area contributed by atoms with Crippen LogP contribution in [0.15, 0.2) is 9.15 Å². The molecule has 1 aliphatic carbocycles. The predicted octanol–water partition coefficient (Wildman–Crippen LogP) is 3.77. The molecule has 0 saturated heterocycles. The first-order chi connectivity index (χ1) is 9.60. The maximum Gasteiger partial charge on any atom is 0.320 e. The number of rotatable bonds is 6. The molecule has 0 aliphatic heterocycles. The van der Waals surface area contributed by atoms with Gasteiger partial charge in [-0.15, -0.1) is 0 Å². The summed E-state index contributed by atoms with van der Waals surface area (Å²) in [5.74, 6) is -1.77. The van der Waals surface area contributed by atoms with Crippen LogP contribution in [0.4, 0.5) is 0 Å². The molecule has 0 bridgehead atoms. The molecule has 0 radical (unpaired) electrons. The summed E-state index contributed by atoms with van der Waals surface area (Å²) in [6.07, 6.45) is 6.24. The van der Waals surface area contributed by atoms with Crippen molar-refractivity contribution in [3.05, 3.63) is 9.15 Å². The van der Waals surface area contributed by atoms with Crippen LogP contribution < -0.4 is 0 Å². The number of hydrogen-bond donors (Lipinski definition) is 0. The lowest BCUT2D eigenvalue weighted by molar-refractivity contribution is -0.161. The second-order valence-electron chi connectivity index (χ2n) is 4.83. The summed E-state index contributed by atoms with van der Waals surface area (Å²) in [4.78, 5) is 23.9. The van der Waals surface area contributed by atoms with Crippen molar-refractivity contribution in [2.75, 3.05) is 13.2 Å². The van der Waals surface area contributed by atoms with Gasteiger partial charge in [-0.3, -0.25) is 9.59 Å². The summed E-state index contributed by atoms with van der Waals surface area (Å²) in [5.41, 5.74) is 1.38. The Morgan fingerprint density at radius 2 is 1.55 bits per heavy atom.